The molecule has 29 heavy (non-hydrogen) atoms. The van der Waals surface area contributed by atoms with Crippen molar-refractivity contribution in [2.45, 2.75) is 19.0 Å². The highest BCUT2D eigenvalue weighted by Gasteiger charge is 2.17. The predicted octanol–water partition coefficient (Wildman–Crippen LogP) is 4.46. The molecule has 0 unspecified atom stereocenters. The van der Waals surface area contributed by atoms with Crippen LogP contribution in [0.15, 0.2) is 53.7 Å². The van der Waals surface area contributed by atoms with Crippen molar-refractivity contribution in [1.29, 1.82) is 0 Å². The first-order valence-electron chi connectivity index (χ1n) is 9.23. The summed E-state index contributed by atoms with van der Waals surface area (Å²) < 4.78 is 7.19. The van der Waals surface area contributed by atoms with Crippen LogP contribution in [-0.2, 0) is 4.79 Å². The second-order valence-corrected chi connectivity index (χ2v) is 8.21. The lowest BCUT2D eigenvalue weighted by molar-refractivity contribution is -0.118. The number of carbonyl (C=O) groups excluding carboxylic acids is 1. The Labute approximate surface area is 179 Å². The Balaban J connectivity index is 1.91. The molecule has 8 heteroatoms. The Morgan fingerprint density at radius 2 is 1.83 bits per heavy atom. The van der Waals surface area contributed by atoms with Crippen LogP contribution >= 0.6 is 23.4 Å². The molecule has 0 saturated carbocycles. The lowest BCUT2D eigenvalue weighted by Crippen LogP contribution is -2.28. The monoisotopic (exact) mass is 430 g/mol. The van der Waals surface area contributed by atoms with Crippen LogP contribution < -0.4 is 10.1 Å². The molecule has 1 aromatic heterocycles. The highest BCUT2D eigenvalue weighted by atomic mass is 35.5. The second kappa shape index (κ2) is 9.80. The minimum atomic E-state index is -0.0268. The van der Waals surface area contributed by atoms with Crippen molar-refractivity contribution < 1.29 is 9.53 Å². The third-order valence-corrected chi connectivity index (χ3v) is 5.29. The molecule has 0 saturated heterocycles. The SMILES string of the molecule is COc1ccc(-n2c(SCC(=O)NCC(C)C)nnc2-c2ccc(Cl)cc2)cc1. The minimum Gasteiger partial charge on any atom is -0.497 e. The molecule has 0 aliphatic carbocycles. The summed E-state index contributed by atoms with van der Waals surface area (Å²) in [6.07, 6.45) is 0. The summed E-state index contributed by atoms with van der Waals surface area (Å²) >= 11 is 7.38. The average molecular weight is 431 g/mol. The van der Waals surface area contributed by atoms with Crippen molar-refractivity contribution in [3.63, 3.8) is 0 Å². The number of amides is 1. The first kappa shape index (κ1) is 21.2. The van der Waals surface area contributed by atoms with E-state index in [4.69, 9.17) is 16.3 Å². The van der Waals surface area contributed by atoms with E-state index in [0.29, 0.717) is 28.5 Å². The zero-order valence-corrected chi connectivity index (χ0v) is 18.1. The van der Waals surface area contributed by atoms with E-state index in [9.17, 15) is 4.79 Å². The van der Waals surface area contributed by atoms with Gasteiger partial charge in [0.25, 0.3) is 0 Å². The molecule has 152 valence electrons. The van der Waals surface area contributed by atoms with E-state index < -0.39 is 0 Å². The number of thioether (sulfide) groups is 1. The summed E-state index contributed by atoms with van der Waals surface area (Å²) in [5.74, 6) is 2.08. The molecule has 0 atom stereocenters. The lowest BCUT2D eigenvalue weighted by atomic mass is 10.2. The van der Waals surface area contributed by atoms with E-state index in [1.807, 2.05) is 53.1 Å². The standard InChI is InChI=1S/C21H23ClN4O2S/c1-14(2)12-23-19(27)13-29-21-25-24-20(15-4-6-16(22)7-5-15)26(21)17-8-10-18(28-3)11-9-17/h4-11,14H,12-13H2,1-3H3,(H,23,27). The van der Waals surface area contributed by atoms with E-state index in [2.05, 4.69) is 29.4 Å². The molecule has 2 aromatic carbocycles. The van der Waals surface area contributed by atoms with E-state index >= 15 is 0 Å². The maximum Gasteiger partial charge on any atom is 0.230 e. The molecule has 0 fully saturated rings. The van der Waals surface area contributed by atoms with Gasteiger partial charge in [0.15, 0.2) is 11.0 Å². The first-order chi connectivity index (χ1) is 14.0. The predicted molar refractivity (Wildman–Crippen MR) is 117 cm³/mol. The van der Waals surface area contributed by atoms with Gasteiger partial charge in [0, 0.05) is 22.8 Å². The van der Waals surface area contributed by atoms with Crippen molar-refractivity contribution in [3.05, 3.63) is 53.6 Å². The van der Waals surface area contributed by atoms with Gasteiger partial charge in [-0.1, -0.05) is 37.2 Å². The highest BCUT2D eigenvalue weighted by Crippen LogP contribution is 2.29. The Morgan fingerprint density at radius 3 is 2.45 bits per heavy atom. The van der Waals surface area contributed by atoms with Crippen LogP contribution in [0.25, 0.3) is 17.1 Å². The number of benzene rings is 2. The maximum absolute atomic E-state index is 12.1. The Morgan fingerprint density at radius 1 is 1.14 bits per heavy atom. The largest absolute Gasteiger partial charge is 0.497 e. The van der Waals surface area contributed by atoms with Gasteiger partial charge in [-0.25, -0.2) is 0 Å². The molecular formula is C21H23ClN4O2S. The van der Waals surface area contributed by atoms with E-state index in [1.54, 1.807) is 7.11 Å². The quantitative estimate of drug-likeness (QED) is 0.534. The van der Waals surface area contributed by atoms with Gasteiger partial charge in [0.05, 0.1) is 12.9 Å². The molecule has 0 radical (unpaired) electrons. The normalized spacial score (nSPS) is 10.9. The van der Waals surface area contributed by atoms with Gasteiger partial charge in [0.2, 0.25) is 5.91 Å². The summed E-state index contributed by atoms with van der Waals surface area (Å²) in [6.45, 7) is 4.78. The van der Waals surface area contributed by atoms with Crippen molar-refractivity contribution in [2.24, 2.45) is 5.92 Å². The fourth-order valence-corrected chi connectivity index (χ4v) is 3.52. The fraction of sp³-hybridized carbons (Fsp3) is 0.286. The first-order valence-corrected chi connectivity index (χ1v) is 10.6. The van der Waals surface area contributed by atoms with Crippen LogP contribution in [0.3, 0.4) is 0 Å². The molecule has 1 heterocycles. The summed E-state index contributed by atoms with van der Waals surface area (Å²) in [7, 11) is 1.63. The summed E-state index contributed by atoms with van der Waals surface area (Å²) in [4.78, 5) is 12.1. The van der Waals surface area contributed by atoms with Crippen LogP contribution in [0, 0.1) is 5.92 Å². The summed E-state index contributed by atoms with van der Waals surface area (Å²) in [6, 6.07) is 15.1. The molecule has 0 aliphatic heterocycles. The van der Waals surface area contributed by atoms with Crippen molar-refractivity contribution in [3.8, 4) is 22.8 Å². The third kappa shape index (κ3) is 5.52. The van der Waals surface area contributed by atoms with Gasteiger partial charge in [-0.15, -0.1) is 10.2 Å². The zero-order valence-electron chi connectivity index (χ0n) is 16.6. The van der Waals surface area contributed by atoms with E-state index in [-0.39, 0.29) is 11.7 Å². The molecular weight excluding hydrogens is 408 g/mol. The molecule has 0 aliphatic rings. The summed E-state index contributed by atoms with van der Waals surface area (Å²) in [5.41, 5.74) is 1.76. The Hall–Kier alpha value is -2.51. The summed E-state index contributed by atoms with van der Waals surface area (Å²) in [5, 5.41) is 12.9. The Bertz CT molecular complexity index is 956. The molecule has 6 nitrogen and oxygen atoms in total. The van der Waals surface area contributed by atoms with Crippen molar-refractivity contribution >= 4 is 29.3 Å². The number of methoxy groups -OCH3 is 1. The number of hydrogen-bond acceptors (Lipinski definition) is 5. The van der Waals surface area contributed by atoms with Gasteiger partial charge < -0.3 is 10.1 Å². The zero-order chi connectivity index (χ0) is 20.8. The maximum atomic E-state index is 12.1. The number of hydrogen-bond donors (Lipinski definition) is 1. The molecule has 1 amide bonds. The van der Waals surface area contributed by atoms with E-state index in [1.165, 1.54) is 11.8 Å². The van der Waals surface area contributed by atoms with Gasteiger partial charge in [-0.3, -0.25) is 9.36 Å². The van der Waals surface area contributed by atoms with Crippen LogP contribution in [0.1, 0.15) is 13.8 Å². The van der Waals surface area contributed by atoms with E-state index in [0.717, 1.165) is 17.0 Å². The number of ether oxygens (including phenoxy) is 1. The number of nitrogens with one attached hydrogen (secondary N) is 1. The Kier molecular flexibility index (Phi) is 7.17. The number of halogens is 1. The molecule has 3 rings (SSSR count). The lowest BCUT2D eigenvalue weighted by Gasteiger charge is -2.11. The molecule has 1 N–H and O–H groups in total. The molecule has 0 spiro atoms. The highest BCUT2D eigenvalue weighted by molar-refractivity contribution is 7.99. The van der Waals surface area contributed by atoms with Gasteiger partial charge in [0.1, 0.15) is 5.75 Å². The van der Waals surface area contributed by atoms with Crippen LogP contribution in [-0.4, -0.2) is 40.1 Å². The third-order valence-electron chi connectivity index (χ3n) is 4.11. The van der Waals surface area contributed by atoms with Crippen LogP contribution in [0.2, 0.25) is 5.02 Å². The van der Waals surface area contributed by atoms with Crippen molar-refractivity contribution in [1.82, 2.24) is 20.1 Å². The van der Waals surface area contributed by atoms with Crippen molar-refractivity contribution in [2.75, 3.05) is 19.4 Å². The van der Waals surface area contributed by atoms with Crippen LogP contribution in [0.4, 0.5) is 0 Å². The van der Waals surface area contributed by atoms with Gasteiger partial charge in [-0.2, -0.15) is 0 Å². The molecule has 3 aromatic rings. The number of rotatable bonds is 8. The van der Waals surface area contributed by atoms with Crippen LogP contribution in [0.5, 0.6) is 5.75 Å². The molecule has 0 bridgehead atoms. The van der Waals surface area contributed by atoms with Gasteiger partial charge >= 0.3 is 0 Å². The fourth-order valence-electron chi connectivity index (χ4n) is 2.61. The number of carbonyl (C=O) groups is 1. The minimum absolute atomic E-state index is 0.0268. The van der Waals surface area contributed by atoms with Gasteiger partial charge in [-0.05, 0) is 54.4 Å². The smallest absolute Gasteiger partial charge is 0.230 e. The number of nitrogens with zero attached hydrogens (tertiary/aromatic N) is 3. The average Bonchev–Trinajstić information content (AvgIpc) is 3.15. The number of aromatic nitrogens is 3. The second-order valence-electron chi connectivity index (χ2n) is 6.83. The topological polar surface area (TPSA) is 69.0 Å².